The smallest absolute Gasteiger partial charge is 0.315 e. The maximum Gasteiger partial charge on any atom is 0.315 e. The first-order chi connectivity index (χ1) is 11.9. The highest BCUT2D eigenvalue weighted by molar-refractivity contribution is 5.91. The number of ether oxygens (including phenoxy) is 1. The molecule has 2 aromatic carbocycles. The summed E-state index contributed by atoms with van der Waals surface area (Å²) in [6.07, 6.45) is 1.24. The number of non-ortho nitro benzene ring substituents is 1. The Balaban J connectivity index is 2.56. The molecule has 2 rings (SSSR count). The van der Waals surface area contributed by atoms with Gasteiger partial charge in [0.2, 0.25) is 5.75 Å². The summed E-state index contributed by atoms with van der Waals surface area (Å²) in [5.41, 5.74) is -0.265. The number of hydrogen-bond donors (Lipinski definition) is 1. The van der Waals surface area contributed by atoms with E-state index in [0.717, 1.165) is 6.07 Å². The monoisotopic (exact) mass is 341 g/mol. The van der Waals surface area contributed by atoms with Crippen LogP contribution in [0.3, 0.4) is 0 Å². The number of rotatable bonds is 5. The molecule has 9 heteroatoms. The molecule has 0 radical (unpaired) electrons. The van der Waals surface area contributed by atoms with Gasteiger partial charge in [0.05, 0.1) is 34.7 Å². The summed E-state index contributed by atoms with van der Waals surface area (Å²) in [4.78, 5) is 20.3. The lowest BCUT2D eigenvalue weighted by molar-refractivity contribution is -0.386. The molecule has 25 heavy (non-hydrogen) atoms. The van der Waals surface area contributed by atoms with Crippen molar-refractivity contribution in [3.8, 4) is 17.6 Å². The lowest BCUT2D eigenvalue weighted by atomic mass is 10.0. The van der Waals surface area contributed by atoms with Gasteiger partial charge in [0.1, 0.15) is 5.75 Å². The van der Waals surface area contributed by atoms with Crippen molar-refractivity contribution in [3.63, 3.8) is 0 Å². The minimum atomic E-state index is -0.771. The highest BCUT2D eigenvalue weighted by Crippen LogP contribution is 2.36. The lowest BCUT2D eigenvalue weighted by Crippen LogP contribution is -1.93. The maximum atomic E-state index is 11.0. The Kier molecular flexibility index (Phi) is 4.95. The van der Waals surface area contributed by atoms with Crippen LogP contribution in [-0.4, -0.2) is 22.1 Å². The number of phenols is 1. The van der Waals surface area contributed by atoms with Crippen LogP contribution in [0.1, 0.15) is 11.1 Å². The third-order valence-electron chi connectivity index (χ3n) is 3.33. The van der Waals surface area contributed by atoms with Gasteiger partial charge in [0.25, 0.3) is 5.69 Å². The Morgan fingerprint density at radius 1 is 1.20 bits per heavy atom. The van der Waals surface area contributed by atoms with E-state index >= 15 is 0 Å². The third kappa shape index (κ3) is 3.70. The van der Waals surface area contributed by atoms with E-state index in [1.54, 1.807) is 0 Å². The van der Waals surface area contributed by atoms with Crippen LogP contribution in [0.5, 0.6) is 11.5 Å². The van der Waals surface area contributed by atoms with Gasteiger partial charge in [-0.15, -0.1) is 0 Å². The molecule has 2 aromatic rings. The molecule has 0 unspecified atom stereocenters. The molecule has 0 spiro atoms. The normalized spacial score (nSPS) is 10.8. The zero-order valence-corrected chi connectivity index (χ0v) is 12.9. The first-order valence-electron chi connectivity index (χ1n) is 6.79. The number of nitriles is 1. The van der Waals surface area contributed by atoms with Crippen molar-refractivity contribution in [3.05, 3.63) is 67.8 Å². The van der Waals surface area contributed by atoms with Gasteiger partial charge in [-0.3, -0.25) is 20.2 Å². The summed E-state index contributed by atoms with van der Waals surface area (Å²) in [6.45, 7) is 0. The van der Waals surface area contributed by atoms with Gasteiger partial charge >= 0.3 is 5.69 Å². The van der Waals surface area contributed by atoms with Crippen molar-refractivity contribution in [1.82, 2.24) is 0 Å². The number of nitro groups is 2. The Labute approximate surface area is 141 Å². The number of hydrogen-bond acceptors (Lipinski definition) is 7. The van der Waals surface area contributed by atoms with Crippen LogP contribution in [0.25, 0.3) is 11.6 Å². The molecule has 9 nitrogen and oxygen atoms in total. The molecule has 0 saturated heterocycles. The quantitative estimate of drug-likeness (QED) is 0.381. The number of allylic oxidation sites excluding steroid dienone is 1. The fourth-order valence-electron chi connectivity index (χ4n) is 2.08. The standard InChI is InChI=1S/C16H11N3O6/c1-25-14-7-11(16(20)15(8-14)19(23)24)6-12(9-17)10-2-4-13(5-3-10)18(21)22/h2-8,20H,1H3/b12-6-. The van der Waals surface area contributed by atoms with Gasteiger partial charge in [0, 0.05) is 17.7 Å². The largest absolute Gasteiger partial charge is 0.502 e. The Morgan fingerprint density at radius 3 is 2.32 bits per heavy atom. The van der Waals surface area contributed by atoms with Crippen molar-refractivity contribution in [2.75, 3.05) is 7.11 Å². The Bertz CT molecular complexity index is 913. The predicted octanol–water partition coefficient (Wildman–Crippen LogP) is 3.28. The molecule has 0 bridgehead atoms. The van der Waals surface area contributed by atoms with Crippen molar-refractivity contribution in [1.29, 1.82) is 5.26 Å². The number of methoxy groups -OCH3 is 1. The SMILES string of the molecule is COc1cc(/C=C(/C#N)c2ccc([N+](=O)[O-])cc2)c(O)c([N+](=O)[O-])c1. The van der Waals surface area contributed by atoms with Crippen LogP contribution >= 0.6 is 0 Å². The number of aromatic hydroxyl groups is 1. The lowest BCUT2D eigenvalue weighted by Gasteiger charge is -2.06. The summed E-state index contributed by atoms with van der Waals surface area (Å²) in [6, 6.07) is 9.51. The Morgan fingerprint density at radius 2 is 1.84 bits per heavy atom. The zero-order chi connectivity index (χ0) is 18.6. The molecule has 0 amide bonds. The summed E-state index contributed by atoms with van der Waals surface area (Å²) in [7, 11) is 1.31. The van der Waals surface area contributed by atoms with Crippen LogP contribution in [0.4, 0.5) is 11.4 Å². The number of benzene rings is 2. The summed E-state index contributed by atoms with van der Waals surface area (Å²) in [5.74, 6) is -0.475. The minimum absolute atomic E-state index is 0.0148. The number of nitrogens with zero attached hydrogens (tertiary/aromatic N) is 3. The molecule has 0 aliphatic carbocycles. The molecule has 0 heterocycles. The van der Waals surface area contributed by atoms with Crippen LogP contribution in [0.15, 0.2) is 36.4 Å². The molecule has 0 aliphatic heterocycles. The third-order valence-corrected chi connectivity index (χ3v) is 3.33. The summed E-state index contributed by atoms with van der Waals surface area (Å²) < 4.78 is 4.96. The van der Waals surface area contributed by atoms with Gasteiger partial charge in [0.15, 0.2) is 0 Å². The predicted molar refractivity (Wildman–Crippen MR) is 87.9 cm³/mol. The second-order valence-corrected chi connectivity index (χ2v) is 4.82. The van der Waals surface area contributed by atoms with Gasteiger partial charge in [-0.2, -0.15) is 5.26 Å². The van der Waals surface area contributed by atoms with E-state index in [9.17, 15) is 30.6 Å². The maximum absolute atomic E-state index is 11.0. The average molecular weight is 341 g/mol. The van der Waals surface area contributed by atoms with Gasteiger partial charge < -0.3 is 9.84 Å². The van der Waals surface area contributed by atoms with E-state index in [1.165, 1.54) is 43.5 Å². The van der Waals surface area contributed by atoms with Gasteiger partial charge in [-0.05, 0) is 29.8 Å². The second kappa shape index (κ2) is 7.10. The molecule has 126 valence electrons. The van der Waals surface area contributed by atoms with E-state index in [0.29, 0.717) is 5.56 Å². The molecular weight excluding hydrogens is 330 g/mol. The van der Waals surface area contributed by atoms with Gasteiger partial charge in [-0.1, -0.05) is 0 Å². The van der Waals surface area contributed by atoms with E-state index in [2.05, 4.69) is 0 Å². The Hall–Kier alpha value is -3.93. The van der Waals surface area contributed by atoms with E-state index in [1.807, 2.05) is 6.07 Å². The second-order valence-electron chi connectivity index (χ2n) is 4.82. The van der Waals surface area contributed by atoms with E-state index in [4.69, 9.17) is 4.74 Å². The molecule has 0 aromatic heterocycles. The topological polar surface area (TPSA) is 140 Å². The van der Waals surface area contributed by atoms with Crippen LogP contribution in [0.2, 0.25) is 0 Å². The van der Waals surface area contributed by atoms with E-state index < -0.39 is 21.3 Å². The summed E-state index contributed by atoms with van der Waals surface area (Å²) >= 11 is 0. The minimum Gasteiger partial charge on any atom is -0.502 e. The first-order valence-corrected chi connectivity index (χ1v) is 6.79. The molecule has 0 aliphatic rings. The number of nitro benzene ring substituents is 2. The van der Waals surface area contributed by atoms with Gasteiger partial charge in [-0.25, -0.2) is 0 Å². The van der Waals surface area contributed by atoms with Crippen molar-refractivity contribution < 1.29 is 19.7 Å². The van der Waals surface area contributed by atoms with Crippen molar-refractivity contribution in [2.24, 2.45) is 0 Å². The molecule has 0 atom stereocenters. The molecular formula is C16H11N3O6. The highest BCUT2D eigenvalue weighted by Gasteiger charge is 2.19. The van der Waals surface area contributed by atoms with Crippen LogP contribution < -0.4 is 4.74 Å². The molecule has 0 saturated carbocycles. The fourth-order valence-corrected chi connectivity index (χ4v) is 2.08. The van der Waals surface area contributed by atoms with Crippen LogP contribution in [-0.2, 0) is 0 Å². The van der Waals surface area contributed by atoms with Crippen LogP contribution in [0, 0.1) is 31.6 Å². The molecule has 0 fully saturated rings. The van der Waals surface area contributed by atoms with Crippen molar-refractivity contribution in [2.45, 2.75) is 0 Å². The molecule has 1 N–H and O–H groups in total. The number of phenolic OH excluding ortho intramolecular Hbond substituents is 1. The first kappa shape index (κ1) is 17.4. The zero-order valence-electron chi connectivity index (χ0n) is 12.9. The summed E-state index contributed by atoms with van der Waals surface area (Å²) in [5, 5.41) is 41.0. The fraction of sp³-hybridized carbons (Fsp3) is 0.0625. The van der Waals surface area contributed by atoms with Crippen molar-refractivity contribution >= 4 is 23.0 Å². The highest BCUT2D eigenvalue weighted by atomic mass is 16.6. The average Bonchev–Trinajstić information content (AvgIpc) is 2.60. The van der Waals surface area contributed by atoms with E-state index in [-0.39, 0.29) is 22.6 Å².